The highest BCUT2D eigenvalue weighted by molar-refractivity contribution is 7.99. The molecule has 0 amide bonds. The average Bonchev–Trinajstić information content (AvgIpc) is 2.51. The van der Waals surface area contributed by atoms with E-state index >= 15 is 0 Å². The number of hydrogen-bond acceptors (Lipinski definition) is 2. The molecule has 1 nitrogen and oxygen atoms in total. The van der Waals surface area contributed by atoms with Crippen molar-refractivity contribution in [3.05, 3.63) is 58.7 Å². The maximum Gasteiger partial charge on any atom is 0.131 e. The summed E-state index contributed by atoms with van der Waals surface area (Å²) in [7, 11) is 0. The van der Waals surface area contributed by atoms with Crippen molar-refractivity contribution in [2.75, 3.05) is 0 Å². The van der Waals surface area contributed by atoms with Crippen molar-refractivity contribution < 1.29 is 4.79 Å². The van der Waals surface area contributed by atoms with Crippen LogP contribution in [0.5, 0.6) is 0 Å². The quantitative estimate of drug-likeness (QED) is 0.765. The second-order valence-electron chi connectivity index (χ2n) is 5.08. The van der Waals surface area contributed by atoms with Crippen LogP contribution in [0.4, 0.5) is 0 Å². The van der Waals surface area contributed by atoms with E-state index in [1.54, 1.807) is 11.8 Å². The fourth-order valence-corrected chi connectivity index (χ4v) is 4.31. The van der Waals surface area contributed by atoms with Gasteiger partial charge in [0, 0.05) is 9.79 Å². The number of carbonyl (C=O) groups excluding carboxylic acids is 1. The van der Waals surface area contributed by atoms with E-state index in [-0.39, 0.29) is 5.92 Å². The molecule has 0 saturated carbocycles. The van der Waals surface area contributed by atoms with Gasteiger partial charge in [-0.3, -0.25) is 0 Å². The summed E-state index contributed by atoms with van der Waals surface area (Å²) in [5.41, 5.74) is 5.13. The zero-order chi connectivity index (χ0) is 14.1. The third kappa shape index (κ3) is 1.99. The number of hydrogen-bond donors (Lipinski definition) is 0. The Balaban J connectivity index is 2.25. The van der Waals surface area contributed by atoms with Gasteiger partial charge in [0.1, 0.15) is 6.29 Å². The highest BCUT2D eigenvalue weighted by Gasteiger charge is 2.28. The summed E-state index contributed by atoms with van der Waals surface area (Å²) in [6.45, 7) is 4.36. The molecule has 0 aliphatic carbocycles. The molecule has 0 saturated heterocycles. The fourth-order valence-electron chi connectivity index (χ4n) is 3.11. The molecule has 0 radical (unpaired) electrons. The van der Waals surface area contributed by atoms with Crippen molar-refractivity contribution >= 4 is 18.0 Å². The second kappa shape index (κ2) is 5.45. The Hall–Kier alpha value is -1.54. The molecule has 2 aromatic carbocycles. The standard InChI is InChI=1S/C18H18OS/c1-3-12-9-10-17-18(13(12)4-2)15(11-19)14-7-5-6-8-16(14)20-17/h5-11,15H,3-4H2,1-2H3. The van der Waals surface area contributed by atoms with Gasteiger partial charge in [-0.25, -0.2) is 0 Å². The Labute approximate surface area is 124 Å². The number of benzene rings is 2. The molecule has 102 valence electrons. The van der Waals surface area contributed by atoms with Crippen LogP contribution >= 0.6 is 11.8 Å². The third-order valence-corrected chi connectivity index (χ3v) is 5.24. The van der Waals surface area contributed by atoms with Crippen molar-refractivity contribution in [1.82, 2.24) is 0 Å². The van der Waals surface area contributed by atoms with Crippen LogP contribution in [0.25, 0.3) is 0 Å². The van der Waals surface area contributed by atoms with Crippen LogP contribution in [0.3, 0.4) is 0 Å². The van der Waals surface area contributed by atoms with Gasteiger partial charge in [-0.1, -0.05) is 49.9 Å². The van der Waals surface area contributed by atoms with Gasteiger partial charge in [-0.2, -0.15) is 0 Å². The first-order chi connectivity index (χ1) is 9.80. The molecular formula is C18H18OS. The molecule has 3 rings (SSSR count). The summed E-state index contributed by atoms with van der Waals surface area (Å²) in [5, 5.41) is 0. The maximum atomic E-state index is 11.7. The smallest absolute Gasteiger partial charge is 0.131 e. The molecule has 1 unspecified atom stereocenters. The number of aldehydes is 1. The van der Waals surface area contributed by atoms with Crippen molar-refractivity contribution in [3.63, 3.8) is 0 Å². The Kier molecular flexibility index (Phi) is 3.66. The largest absolute Gasteiger partial charge is 0.302 e. The minimum Gasteiger partial charge on any atom is -0.302 e. The van der Waals surface area contributed by atoms with Crippen LogP contribution in [0.1, 0.15) is 42.0 Å². The number of fused-ring (bicyclic) bond motifs is 2. The normalized spacial score (nSPS) is 16.4. The van der Waals surface area contributed by atoms with Crippen molar-refractivity contribution in [1.29, 1.82) is 0 Å². The molecule has 1 aliphatic heterocycles. The molecule has 0 aromatic heterocycles. The van der Waals surface area contributed by atoms with Crippen molar-refractivity contribution in [2.45, 2.75) is 42.4 Å². The van der Waals surface area contributed by atoms with Crippen LogP contribution in [0.2, 0.25) is 0 Å². The Morgan fingerprint density at radius 2 is 1.85 bits per heavy atom. The van der Waals surface area contributed by atoms with Gasteiger partial charge in [0.05, 0.1) is 5.92 Å². The van der Waals surface area contributed by atoms with Crippen LogP contribution < -0.4 is 0 Å². The van der Waals surface area contributed by atoms with E-state index in [1.807, 2.05) is 12.1 Å². The van der Waals surface area contributed by atoms with Gasteiger partial charge in [-0.05, 0) is 47.2 Å². The summed E-state index contributed by atoms with van der Waals surface area (Å²) in [4.78, 5) is 14.2. The first-order valence-electron chi connectivity index (χ1n) is 7.16. The van der Waals surface area contributed by atoms with E-state index in [9.17, 15) is 4.79 Å². The van der Waals surface area contributed by atoms with Gasteiger partial charge in [0.25, 0.3) is 0 Å². The summed E-state index contributed by atoms with van der Waals surface area (Å²) in [5.74, 6) is -0.108. The molecule has 0 spiro atoms. The van der Waals surface area contributed by atoms with E-state index < -0.39 is 0 Å². The summed E-state index contributed by atoms with van der Waals surface area (Å²) >= 11 is 1.79. The third-order valence-electron chi connectivity index (χ3n) is 4.07. The molecule has 0 bridgehead atoms. The van der Waals surface area contributed by atoms with Gasteiger partial charge in [0.2, 0.25) is 0 Å². The fraction of sp³-hybridized carbons (Fsp3) is 0.278. The minimum atomic E-state index is -0.108. The lowest BCUT2D eigenvalue weighted by Crippen LogP contribution is -2.13. The first-order valence-corrected chi connectivity index (χ1v) is 7.98. The van der Waals surface area contributed by atoms with E-state index in [1.165, 1.54) is 26.5 Å². The van der Waals surface area contributed by atoms with Crippen LogP contribution in [-0.4, -0.2) is 6.29 Å². The molecular weight excluding hydrogens is 264 g/mol. The second-order valence-corrected chi connectivity index (χ2v) is 6.16. The molecule has 1 aliphatic rings. The Morgan fingerprint density at radius 1 is 1.05 bits per heavy atom. The van der Waals surface area contributed by atoms with Gasteiger partial charge < -0.3 is 4.79 Å². The average molecular weight is 282 g/mol. The van der Waals surface area contributed by atoms with Crippen molar-refractivity contribution in [2.24, 2.45) is 0 Å². The van der Waals surface area contributed by atoms with Gasteiger partial charge in [0.15, 0.2) is 0 Å². The molecule has 0 N–H and O–H groups in total. The van der Waals surface area contributed by atoms with Crippen LogP contribution in [0.15, 0.2) is 46.2 Å². The first kappa shape index (κ1) is 13.4. The number of carbonyl (C=O) groups is 1. The highest BCUT2D eigenvalue weighted by atomic mass is 32.2. The topological polar surface area (TPSA) is 17.1 Å². The predicted molar refractivity (Wildman–Crippen MR) is 83.7 cm³/mol. The highest BCUT2D eigenvalue weighted by Crippen LogP contribution is 2.47. The van der Waals surface area contributed by atoms with E-state index in [0.717, 1.165) is 24.7 Å². The van der Waals surface area contributed by atoms with Crippen LogP contribution in [0, 0.1) is 0 Å². The summed E-state index contributed by atoms with van der Waals surface area (Å²) in [6.07, 6.45) is 3.11. The SMILES string of the molecule is CCc1ccc2c(c1CC)C(C=O)c1ccccc1S2. The lowest BCUT2D eigenvalue weighted by molar-refractivity contribution is -0.108. The minimum absolute atomic E-state index is 0.108. The molecule has 20 heavy (non-hydrogen) atoms. The molecule has 2 heteroatoms. The molecule has 2 aromatic rings. The predicted octanol–water partition coefficient (Wildman–Crippen LogP) is 4.61. The monoisotopic (exact) mass is 282 g/mol. The summed E-state index contributed by atoms with van der Waals surface area (Å²) in [6, 6.07) is 12.7. The van der Waals surface area contributed by atoms with Crippen molar-refractivity contribution in [3.8, 4) is 0 Å². The molecule has 1 atom stereocenters. The lowest BCUT2D eigenvalue weighted by atomic mass is 9.85. The number of aryl methyl sites for hydroxylation is 1. The van der Waals surface area contributed by atoms with E-state index in [4.69, 9.17) is 0 Å². The van der Waals surface area contributed by atoms with Gasteiger partial charge >= 0.3 is 0 Å². The van der Waals surface area contributed by atoms with E-state index in [2.05, 4.69) is 38.1 Å². The lowest BCUT2D eigenvalue weighted by Gasteiger charge is -2.27. The zero-order valence-electron chi connectivity index (χ0n) is 11.8. The maximum absolute atomic E-state index is 11.7. The Morgan fingerprint density at radius 3 is 2.55 bits per heavy atom. The Bertz CT molecular complexity index is 660. The summed E-state index contributed by atoms with van der Waals surface area (Å²) < 4.78 is 0. The molecule has 1 heterocycles. The number of rotatable bonds is 3. The van der Waals surface area contributed by atoms with Gasteiger partial charge in [-0.15, -0.1) is 0 Å². The van der Waals surface area contributed by atoms with Crippen LogP contribution in [-0.2, 0) is 17.6 Å². The van der Waals surface area contributed by atoms with E-state index in [0.29, 0.717) is 0 Å². The molecule has 0 fully saturated rings. The zero-order valence-corrected chi connectivity index (χ0v) is 12.7.